The van der Waals surface area contributed by atoms with Crippen molar-refractivity contribution >= 4 is 5.91 Å². The molecule has 2 aromatic rings. The van der Waals surface area contributed by atoms with Crippen LogP contribution >= 0.6 is 0 Å². The number of nitrogens with zero attached hydrogens (tertiary/aromatic N) is 2. The predicted octanol–water partition coefficient (Wildman–Crippen LogP) is 2.97. The summed E-state index contributed by atoms with van der Waals surface area (Å²) in [6.45, 7) is 4.26. The molecule has 5 heteroatoms. The number of ether oxygens (including phenoxy) is 2. The third kappa shape index (κ3) is 6.08. The van der Waals surface area contributed by atoms with Crippen molar-refractivity contribution in [2.45, 2.75) is 13.5 Å². The third-order valence-electron chi connectivity index (χ3n) is 4.30. The summed E-state index contributed by atoms with van der Waals surface area (Å²) in [7, 11) is 5.41. The van der Waals surface area contributed by atoms with Crippen LogP contribution in [-0.4, -0.2) is 56.6 Å². The fraction of sp³-hybridized carbons (Fsp3) is 0.381. The van der Waals surface area contributed by atoms with Crippen molar-refractivity contribution in [1.82, 2.24) is 9.80 Å². The van der Waals surface area contributed by atoms with Crippen LogP contribution in [0.2, 0.25) is 0 Å². The second-order valence-corrected chi connectivity index (χ2v) is 6.44. The van der Waals surface area contributed by atoms with Crippen LogP contribution in [0, 0.1) is 6.92 Å². The maximum Gasteiger partial charge on any atom is 0.236 e. The first-order valence-corrected chi connectivity index (χ1v) is 8.73. The average molecular weight is 356 g/mol. The van der Waals surface area contributed by atoms with E-state index in [4.69, 9.17) is 9.47 Å². The van der Waals surface area contributed by atoms with Crippen molar-refractivity contribution < 1.29 is 14.3 Å². The van der Waals surface area contributed by atoms with E-state index in [1.54, 1.807) is 12.0 Å². The van der Waals surface area contributed by atoms with Crippen molar-refractivity contribution in [2.24, 2.45) is 0 Å². The molecule has 0 atom stereocenters. The molecular formula is C21H28N2O3. The number of methoxy groups -OCH3 is 1. The van der Waals surface area contributed by atoms with E-state index in [0.29, 0.717) is 26.2 Å². The lowest BCUT2D eigenvalue weighted by Gasteiger charge is -2.22. The normalized spacial score (nSPS) is 10.7. The Morgan fingerprint density at radius 2 is 1.65 bits per heavy atom. The summed E-state index contributed by atoms with van der Waals surface area (Å²) in [5, 5.41) is 0. The number of likely N-dealkylation sites (N-methyl/N-ethyl adjacent to an activating group) is 2. The molecule has 0 aliphatic heterocycles. The molecule has 26 heavy (non-hydrogen) atoms. The van der Waals surface area contributed by atoms with Crippen molar-refractivity contribution in [3.8, 4) is 11.5 Å². The molecule has 1 amide bonds. The Labute approximate surface area is 156 Å². The molecule has 2 aromatic carbocycles. The van der Waals surface area contributed by atoms with Gasteiger partial charge in [-0.2, -0.15) is 0 Å². The van der Waals surface area contributed by atoms with Gasteiger partial charge in [-0.3, -0.25) is 9.69 Å². The molecule has 0 saturated carbocycles. The van der Waals surface area contributed by atoms with Crippen LogP contribution in [0.15, 0.2) is 48.5 Å². The minimum Gasteiger partial charge on any atom is -0.497 e. The van der Waals surface area contributed by atoms with Crippen LogP contribution in [0.3, 0.4) is 0 Å². The average Bonchev–Trinajstić information content (AvgIpc) is 2.64. The van der Waals surface area contributed by atoms with E-state index >= 15 is 0 Å². The molecule has 0 radical (unpaired) electrons. The van der Waals surface area contributed by atoms with Crippen molar-refractivity contribution in [2.75, 3.05) is 40.9 Å². The largest absolute Gasteiger partial charge is 0.497 e. The Bertz CT molecular complexity index is 701. The number of amides is 1. The third-order valence-corrected chi connectivity index (χ3v) is 4.30. The highest BCUT2D eigenvalue weighted by Gasteiger charge is 2.13. The lowest BCUT2D eigenvalue weighted by atomic mass is 10.1. The molecule has 0 bridgehead atoms. The zero-order chi connectivity index (χ0) is 18.9. The van der Waals surface area contributed by atoms with Gasteiger partial charge in [0.05, 0.1) is 13.7 Å². The highest BCUT2D eigenvalue weighted by molar-refractivity contribution is 5.78. The fourth-order valence-corrected chi connectivity index (χ4v) is 2.55. The minimum atomic E-state index is 0.0974. The Morgan fingerprint density at radius 3 is 2.31 bits per heavy atom. The van der Waals surface area contributed by atoms with Gasteiger partial charge in [-0.25, -0.2) is 0 Å². The minimum absolute atomic E-state index is 0.0974. The van der Waals surface area contributed by atoms with Gasteiger partial charge in [0, 0.05) is 20.1 Å². The number of benzene rings is 2. The number of rotatable bonds is 9. The zero-order valence-electron chi connectivity index (χ0n) is 16.1. The summed E-state index contributed by atoms with van der Waals surface area (Å²) in [6.07, 6.45) is 0. The molecule has 0 aromatic heterocycles. The Balaban J connectivity index is 1.73. The van der Waals surface area contributed by atoms with E-state index in [0.717, 1.165) is 11.5 Å². The van der Waals surface area contributed by atoms with Crippen LogP contribution in [0.4, 0.5) is 0 Å². The quantitative estimate of drug-likeness (QED) is 0.693. The molecule has 140 valence electrons. The summed E-state index contributed by atoms with van der Waals surface area (Å²) < 4.78 is 10.8. The summed E-state index contributed by atoms with van der Waals surface area (Å²) in [6, 6.07) is 15.6. The molecule has 0 fully saturated rings. The number of carbonyl (C=O) groups is 1. The van der Waals surface area contributed by atoms with Gasteiger partial charge >= 0.3 is 0 Å². The Kier molecular flexibility index (Phi) is 7.48. The van der Waals surface area contributed by atoms with Gasteiger partial charge in [0.15, 0.2) is 0 Å². The Hall–Kier alpha value is -2.53. The topological polar surface area (TPSA) is 42.0 Å². The molecule has 0 heterocycles. The van der Waals surface area contributed by atoms with Crippen molar-refractivity contribution in [1.29, 1.82) is 0 Å². The molecule has 0 aliphatic carbocycles. The number of hydrogen-bond acceptors (Lipinski definition) is 4. The van der Waals surface area contributed by atoms with Gasteiger partial charge in [-0.15, -0.1) is 0 Å². The van der Waals surface area contributed by atoms with Crippen LogP contribution in [-0.2, 0) is 11.3 Å². The number of aryl methyl sites for hydroxylation is 1. The standard InChI is InChI=1S/C21H28N2O3/c1-17-7-5-6-8-18(17)15-23(3)21(24)16-22(2)13-14-26-20-11-9-19(25-4)10-12-20/h5-12H,13-16H2,1-4H3. The Morgan fingerprint density at radius 1 is 1.00 bits per heavy atom. The fourth-order valence-electron chi connectivity index (χ4n) is 2.55. The van der Waals surface area contributed by atoms with E-state index < -0.39 is 0 Å². The van der Waals surface area contributed by atoms with Crippen LogP contribution in [0.25, 0.3) is 0 Å². The predicted molar refractivity (Wildman–Crippen MR) is 104 cm³/mol. The van der Waals surface area contributed by atoms with Gasteiger partial charge < -0.3 is 14.4 Å². The molecule has 0 saturated heterocycles. The summed E-state index contributed by atoms with van der Waals surface area (Å²) in [4.78, 5) is 16.1. The van der Waals surface area contributed by atoms with Crippen molar-refractivity contribution in [3.63, 3.8) is 0 Å². The summed E-state index contributed by atoms with van der Waals surface area (Å²) in [5.74, 6) is 1.69. The molecule has 0 N–H and O–H groups in total. The number of hydrogen-bond donors (Lipinski definition) is 0. The monoisotopic (exact) mass is 356 g/mol. The highest BCUT2D eigenvalue weighted by atomic mass is 16.5. The van der Waals surface area contributed by atoms with Gasteiger partial charge in [-0.1, -0.05) is 24.3 Å². The maximum atomic E-state index is 12.4. The first-order valence-electron chi connectivity index (χ1n) is 8.73. The molecule has 0 spiro atoms. The second kappa shape index (κ2) is 9.82. The highest BCUT2D eigenvalue weighted by Crippen LogP contribution is 2.16. The van der Waals surface area contributed by atoms with Crippen LogP contribution < -0.4 is 9.47 Å². The zero-order valence-corrected chi connectivity index (χ0v) is 16.1. The first-order chi connectivity index (χ1) is 12.5. The lowest BCUT2D eigenvalue weighted by Crippen LogP contribution is -2.37. The van der Waals surface area contributed by atoms with E-state index in [2.05, 4.69) is 19.1 Å². The number of carbonyl (C=O) groups excluding carboxylic acids is 1. The summed E-state index contributed by atoms with van der Waals surface area (Å²) in [5.41, 5.74) is 2.38. The van der Waals surface area contributed by atoms with E-state index in [-0.39, 0.29) is 5.91 Å². The molecule has 0 unspecified atom stereocenters. The van der Waals surface area contributed by atoms with Crippen molar-refractivity contribution in [3.05, 3.63) is 59.7 Å². The second-order valence-electron chi connectivity index (χ2n) is 6.44. The van der Waals surface area contributed by atoms with Gasteiger partial charge in [0.2, 0.25) is 5.91 Å². The lowest BCUT2D eigenvalue weighted by molar-refractivity contribution is -0.131. The SMILES string of the molecule is COc1ccc(OCCN(C)CC(=O)N(C)Cc2ccccc2C)cc1. The van der Waals surface area contributed by atoms with Gasteiger partial charge in [0.1, 0.15) is 18.1 Å². The molecule has 0 aliphatic rings. The van der Waals surface area contributed by atoms with E-state index in [9.17, 15) is 4.79 Å². The molecule has 5 nitrogen and oxygen atoms in total. The van der Waals surface area contributed by atoms with Gasteiger partial charge in [0.25, 0.3) is 0 Å². The van der Waals surface area contributed by atoms with E-state index in [1.807, 2.05) is 55.4 Å². The first kappa shape index (κ1) is 19.8. The molecular weight excluding hydrogens is 328 g/mol. The molecule has 2 rings (SSSR count). The smallest absolute Gasteiger partial charge is 0.236 e. The summed E-state index contributed by atoms with van der Waals surface area (Å²) >= 11 is 0. The maximum absolute atomic E-state index is 12.4. The van der Waals surface area contributed by atoms with Gasteiger partial charge in [-0.05, 0) is 49.4 Å². The van der Waals surface area contributed by atoms with Crippen LogP contribution in [0.5, 0.6) is 11.5 Å². The van der Waals surface area contributed by atoms with Crippen LogP contribution in [0.1, 0.15) is 11.1 Å². The van der Waals surface area contributed by atoms with E-state index in [1.165, 1.54) is 11.1 Å².